The van der Waals surface area contributed by atoms with Crippen molar-refractivity contribution in [3.63, 3.8) is 0 Å². The Balaban J connectivity index is 1.77. The number of carbonyl (C=O) groups is 1. The quantitative estimate of drug-likeness (QED) is 0.752. The zero-order valence-electron chi connectivity index (χ0n) is 13.3. The van der Waals surface area contributed by atoms with Crippen LogP contribution in [-0.4, -0.2) is 12.6 Å². The van der Waals surface area contributed by atoms with Crippen molar-refractivity contribution in [1.82, 2.24) is 0 Å². The number of ether oxygens (including phenoxy) is 2. The Morgan fingerprint density at radius 1 is 1.08 bits per heavy atom. The van der Waals surface area contributed by atoms with Crippen molar-refractivity contribution in [3.05, 3.63) is 71.6 Å². The van der Waals surface area contributed by atoms with E-state index in [1.54, 1.807) is 0 Å². The smallest absolute Gasteiger partial charge is 0.314 e. The molecule has 0 amide bonds. The van der Waals surface area contributed by atoms with Crippen molar-refractivity contribution in [2.24, 2.45) is 11.8 Å². The van der Waals surface area contributed by atoms with E-state index < -0.39 is 5.92 Å². The van der Waals surface area contributed by atoms with Gasteiger partial charge in [-0.25, -0.2) is 0 Å². The van der Waals surface area contributed by atoms with Crippen LogP contribution >= 0.6 is 0 Å². The summed E-state index contributed by atoms with van der Waals surface area (Å²) in [6.07, 6.45) is 0. The van der Waals surface area contributed by atoms with Crippen LogP contribution in [0.1, 0.15) is 11.6 Å². The predicted octanol–water partition coefficient (Wildman–Crippen LogP) is 3.16. The van der Waals surface area contributed by atoms with Gasteiger partial charge in [-0.05, 0) is 17.7 Å². The van der Waals surface area contributed by atoms with Gasteiger partial charge in [0.15, 0.2) is 5.75 Å². The van der Waals surface area contributed by atoms with Crippen molar-refractivity contribution >= 4 is 11.7 Å². The topological polar surface area (TPSA) is 62.6 Å². The molecule has 1 fully saturated rings. The lowest BCUT2D eigenvalue weighted by molar-refractivity contribution is -0.140. The Labute approximate surface area is 144 Å². The molecule has 0 bridgehead atoms. The van der Waals surface area contributed by atoms with E-state index in [1.807, 2.05) is 59.5 Å². The van der Waals surface area contributed by atoms with E-state index in [2.05, 4.69) is 6.07 Å². The number of nitrogens with zero attached hydrogens (tertiary/aromatic N) is 2. The lowest BCUT2D eigenvalue weighted by atomic mass is 9.77. The van der Waals surface area contributed by atoms with Gasteiger partial charge in [-0.2, -0.15) is 5.26 Å². The highest BCUT2D eigenvalue weighted by Crippen LogP contribution is 2.54. The molecular formula is C20H14N2O3. The summed E-state index contributed by atoms with van der Waals surface area (Å²) in [5.74, 6) is 0.130. The van der Waals surface area contributed by atoms with Crippen molar-refractivity contribution in [2.45, 2.75) is 6.04 Å². The first-order valence-electron chi connectivity index (χ1n) is 8.21. The number of esters is 1. The maximum atomic E-state index is 12.3. The molecule has 0 spiro atoms. The van der Waals surface area contributed by atoms with Gasteiger partial charge in [0.25, 0.3) is 0 Å². The lowest BCUT2D eigenvalue weighted by Gasteiger charge is -2.39. The van der Waals surface area contributed by atoms with Crippen LogP contribution < -0.4 is 9.64 Å². The number of fused-ring (bicyclic) bond motifs is 4. The van der Waals surface area contributed by atoms with Crippen LogP contribution in [0.4, 0.5) is 5.69 Å². The number of carbonyl (C=O) groups excluding carboxylic acids is 1. The molecule has 0 N–H and O–H groups in total. The standard InChI is InChI=1S/C20H14N2O3/c21-10-13-17-14(11-24-20(17)23)18(12-6-2-1-3-7-12)22-15-8-4-5-9-16(15)25-19(13)22/h1-9,14,17-18H,11H2/t14-,17-,18-/m0/s1. The highest BCUT2D eigenvalue weighted by Gasteiger charge is 2.54. The third kappa shape index (κ3) is 1.85. The van der Waals surface area contributed by atoms with Crippen molar-refractivity contribution in [1.29, 1.82) is 5.26 Å². The third-order valence-electron chi connectivity index (χ3n) is 5.14. The van der Waals surface area contributed by atoms with E-state index in [1.165, 1.54) is 0 Å². The summed E-state index contributed by atoms with van der Waals surface area (Å²) in [6, 6.07) is 19.8. The van der Waals surface area contributed by atoms with Gasteiger partial charge in [0.1, 0.15) is 17.6 Å². The maximum Gasteiger partial charge on any atom is 0.314 e. The summed E-state index contributed by atoms with van der Waals surface area (Å²) in [5, 5.41) is 9.72. The highest BCUT2D eigenvalue weighted by atomic mass is 16.5. The van der Waals surface area contributed by atoms with Gasteiger partial charge in [-0.3, -0.25) is 4.79 Å². The average Bonchev–Trinajstić information content (AvgIpc) is 3.22. The monoisotopic (exact) mass is 330 g/mol. The number of benzene rings is 2. The molecule has 3 aliphatic heterocycles. The van der Waals surface area contributed by atoms with Gasteiger partial charge in [0, 0.05) is 5.92 Å². The number of anilines is 1. The lowest BCUT2D eigenvalue weighted by Crippen LogP contribution is -2.42. The van der Waals surface area contributed by atoms with Crippen LogP contribution in [0.15, 0.2) is 66.1 Å². The molecule has 0 aromatic heterocycles. The minimum absolute atomic E-state index is 0.117. The van der Waals surface area contributed by atoms with Gasteiger partial charge in [0.2, 0.25) is 5.88 Å². The van der Waals surface area contributed by atoms with E-state index in [0.717, 1.165) is 11.3 Å². The molecule has 0 aliphatic carbocycles. The Hall–Kier alpha value is -3.26. The van der Waals surface area contributed by atoms with Gasteiger partial charge >= 0.3 is 5.97 Å². The second kappa shape index (κ2) is 5.12. The normalized spacial score (nSPS) is 26.3. The largest absolute Gasteiger partial charge is 0.465 e. The van der Waals surface area contributed by atoms with Crippen LogP contribution in [0.2, 0.25) is 0 Å². The first-order valence-corrected chi connectivity index (χ1v) is 8.21. The molecule has 0 saturated carbocycles. The first-order chi connectivity index (χ1) is 12.3. The predicted molar refractivity (Wildman–Crippen MR) is 89.3 cm³/mol. The van der Waals surface area contributed by atoms with E-state index in [9.17, 15) is 10.1 Å². The fourth-order valence-corrected chi connectivity index (χ4v) is 4.10. The molecule has 3 atom stereocenters. The molecule has 1 saturated heterocycles. The molecule has 5 nitrogen and oxygen atoms in total. The Morgan fingerprint density at radius 3 is 2.64 bits per heavy atom. The Bertz CT molecular complexity index is 945. The minimum Gasteiger partial charge on any atom is -0.465 e. The molecule has 2 aromatic carbocycles. The van der Waals surface area contributed by atoms with Crippen molar-refractivity contribution < 1.29 is 14.3 Å². The molecule has 25 heavy (non-hydrogen) atoms. The second-order valence-corrected chi connectivity index (χ2v) is 6.40. The van der Waals surface area contributed by atoms with E-state index in [0.29, 0.717) is 23.8 Å². The molecule has 5 heteroatoms. The van der Waals surface area contributed by atoms with Gasteiger partial charge in [-0.15, -0.1) is 0 Å². The zero-order chi connectivity index (χ0) is 17.0. The number of nitriles is 1. The molecule has 3 heterocycles. The fraction of sp³-hybridized carbons (Fsp3) is 0.200. The maximum absolute atomic E-state index is 12.3. The van der Waals surface area contributed by atoms with Gasteiger partial charge < -0.3 is 14.4 Å². The van der Waals surface area contributed by atoms with Crippen LogP contribution in [0.5, 0.6) is 5.75 Å². The van der Waals surface area contributed by atoms with Crippen LogP contribution in [0.25, 0.3) is 0 Å². The molecule has 3 aliphatic rings. The number of cyclic esters (lactones) is 1. The van der Waals surface area contributed by atoms with E-state index in [4.69, 9.17) is 9.47 Å². The number of hydrogen-bond donors (Lipinski definition) is 0. The summed E-state index contributed by atoms with van der Waals surface area (Å²) in [7, 11) is 0. The van der Waals surface area contributed by atoms with Gasteiger partial charge in [-0.1, -0.05) is 42.5 Å². The molecule has 0 unspecified atom stereocenters. The number of hydrogen-bond acceptors (Lipinski definition) is 5. The number of para-hydroxylation sites is 2. The third-order valence-corrected chi connectivity index (χ3v) is 5.14. The number of rotatable bonds is 1. The summed E-state index contributed by atoms with van der Waals surface area (Å²) in [5.41, 5.74) is 2.35. The minimum atomic E-state index is -0.573. The molecule has 5 rings (SSSR count). The summed E-state index contributed by atoms with van der Waals surface area (Å²) in [6.45, 7) is 0.306. The molecular weight excluding hydrogens is 316 g/mol. The Morgan fingerprint density at radius 2 is 1.84 bits per heavy atom. The van der Waals surface area contributed by atoms with Crippen LogP contribution in [-0.2, 0) is 9.53 Å². The first kappa shape index (κ1) is 14.1. The van der Waals surface area contributed by atoms with Crippen molar-refractivity contribution in [2.75, 3.05) is 11.5 Å². The summed E-state index contributed by atoms with van der Waals surface area (Å²) < 4.78 is 11.3. The SMILES string of the molecule is N#CC1=C2Oc3ccccc3N2[C@@H](c2ccccc2)[C@H]2COC(=O)[C@@H]12. The fourth-order valence-electron chi connectivity index (χ4n) is 4.10. The second-order valence-electron chi connectivity index (χ2n) is 6.40. The summed E-state index contributed by atoms with van der Waals surface area (Å²) >= 11 is 0. The van der Waals surface area contributed by atoms with Crippen molar-refractivity contribution in [3.8, 4) is 11.8 Å². The highest BCUT2D eigenvalue weighted by molar-refractivity contribution is 5.83. The molecule has 122 valence electrons. The Kier molecular flexibility index (Phi) is 2.89. The zero-order valence-corrected chi connectivity index (χ0v) is 13.3. The molecule has 2 aromatic rings. The van der Waals surface area contributed by atoms with E-state index >= 15 is 0 Å². The van der Waals surface area contributed by atoms with Gasteiger partial charge in [0.05, 0.1) is 18.3 Å². The van der Waals surface area contributed by atoms with E-state index in [-0.39, 0.29) is 17.9 Å². The average molecular weight is 330 g/mol. The summed E-state index contributed by atoms with van der Waals surface area (Å²) in [4.78, 5) is 14.4. The van der Waals surface area contributed by atoms with Crippen LogP contribution in [0, 0.1) is 23.2 Å². The van der Waals surface area contributed by atoms with Crippen LogP contribution in [0.3, 0.4) is 0 Å². The molecule has 0 radical (unpaired) electrons.